The second kappa shape index (κ2) is 6.44. The third kappa shape index (κ3) is 3.31. The first-order valence-electron chi connectivity index (χ1n) is 6.72. The van der Waals surface area contributed by atoms with Gasteiger partial charge >= 0.3 is 0 Å². The van der Waals surface area contributed by atoms with Crippen molar-refractivity contribution < 1.29 is 9.90 Å². The first-order valence-corrected chi connectivity index (χ1v) is 7.95. The van der Waals surface area contributed by atoms with E-state index < -0.39 is 0 Å². The van der Waals surface area contributed by atoms with E-state index in [0.29, 0.717) is 5.56 Å². The normalized spacial score (nSPS) is 23.1. The number of hydrogen-bond acceptors (Lipinski definition) is 3. The van der Waals surface area contributed by atoms with Gasteiger partial charge in [0.15, 0.2) is 0 Å². The lowest BCUT2D eigenvalue weighted by Gasteiger charge is -2.35. The van der Waals surface area contributed by atoms with Gasteiger partial charge in [0, 0.05) is 17.5 Å². The number of amides is 1. The second-order valence-electron chi connectivity index (χ2n) is 5.06. The predicted octanol–water partition coefficient (Wildman–Crippen LogP) is 2.78. The molecule has 1 aliphatic carbocycles. The average molecular weight is 279 g/mol. The molecule has 2 rings (SSSR count). The molecule has 1 aromatic carbocycles. The SMILES string of the molecule is CSc1ccc(C(=O)N(C)[C@@H]2CCCC[C@H]2O)cc1. The van der Waals surface area contributed by atoms with Crippen molar-refractivity contribution in [3.05, 3.63) is 29.8 Å². The number of aliphatic hydroxyl groups excluding tert-OH is 1. The molecular formula is C15H21NO2S. The summed E-state index contributed by atoms with van der Waals surface area (Å²) in [5.74, 6) is -0.00129. The molecule has 0 heterocycles. The summed E-state index contributed by atoms with van der Waals surface area (Å²) >= 11 is 1.66. The third-order valence-corrected chi connectivity index (χ3v) is 4.59. The average Bonchev–Trinajstić information content (AvgIpc) is 2.46. The highest BCUT2D eigenvalue weighted by Crippen LogP contribution is 2.24. The Morgan fingerprint density at radius 3 is 2.47 bits per heavy atom. The minimum absolute atomic E-state index is 0.00129. The van der Waals surface area contributed by atoms with E-state index >= 15 is 0 Å². The van der Waals surface area contributed by atoms with E-state index in [1.807, 2.05) is 30.5 Å². The number of benzene rings is 1. The molecule has 1 amide bonds. The molecule has 0 aliphatic heterocycles. The number of carbonyl (C=O) groups excluding carboxylic acids is 1. The molecule has 0 aromatic heterocycles. The van der Waals surface area contributed by atoms with E-state index in [-0.39, 0.29) is 18.1 Å². The maximum Gasteiger partial charge on any atom is 0.253 e. The van der Waals surface area contributed by atoms with Crippen molar-refractivity contribution in [1.82, 2.24) is 4.90 Å². The fraction of sp³-hybridized carbons (Fsp3) is 0.533. The van der Waals surface area contributed by atoms with Crippen molar-refractivity contribution >= 4 is 17.7 Å². The van der Waals surface area contributed by atoms with E-state index in [1.54, 1.807) is 23.7 Å². The van der Waals surface area contributed by atoms with E-state index in [4.69, 9.17) is 0 Å². The number of thioether (sulfide) groups is 1. The summed E-state index contributed by atoms with van der Waals surface area (Å²) in [5, 5.41) is 10.0. The Kier molecular flexibility index (Phi) is 4.88. The Morgan fingerprint density at radius 1 is 1.26 bits per heavy atom. The van der Waals surface area contributed by atoms with Crippen molar-refractivity contribution in [2.45, 2.75) is 42.7 Å². The molecule has 0 radical (unpaired) electrons. The smallest absolute Gasteiger partial charge is 0.253 e. The van der Waals surface area contributed by atoms with Crippen molar-refractivity contribution in [2.75, 3.05) is 13.3 Å². The van der Waals surface area contributed by atoms with Crippen molar-refractivity contribution in [3.63, 3.8) is 0 Å². The summed E-state index contributed by atoms with van der Waals surface area (Å²) in [6.07, 6.45) is 5.47. The number of likely N-dealkylation sites (N-methyl/N-ethyl adjacent to an activating group) is 1. The van der Waals surface area contributed by atoms with Gasteiger partial charge in [-0.2, -0.15) is 0 Å². The zero-order chi connectivity index (χ0) is 13.8. The van der Waals surface area contributed by atoms with Gasteiger partial charge in [-0.05, 0) is 43.4 Å². The minimum atomic E-state index is -0.381. The summed E-state index contributed by atoms with van der Waals surface area (Å²) in [6, 6.07) is 7.60. The van der Waals surface area contributed by atoms with Crippen LogP contribution in [-0.2, 0) is 0 Å². The Balaban J connectivity index is 2.08. The second-order valence-corrected chi connectivity index (χ2v) is 5.94. The van der Waals surface area contributed by atoms with Crippen LogP contribution >= 0.6 is 11.8 Å². The highest BCUT2D eigenvalue weighted by atomic mass is 32.2. The molecule has 19 heavy (non-hydrogen) atoms. The fourth-order valence-electron chi connectivity index (χ4n) is 2.63. The molecule has 4 heteroatoms. The van der Waals surface area contributed by atoms with E-state index in [9.17, 15) is 9.90 Å². The quantitative estimate of drug-likeness (QED) is 0.865. The van der Waals surface area contributed by atoms with Crippen molar-refractivity contribution in [2.24, 2.45) is 0 Å². The van der Waals surface area contributed by atoms with Crippen LogP contribution in [0.25, 0.3) is 0 Å². The molecule has 2 atom stereocenters. The standard InChI is InChI=1S/C15H21NO2S/c1-16(13-5-3-4-6-14(13)17)15(18)11-7-9-12(19-2)10-8-11/h7-10,13-14,17H,3-6H2,1-2H3/t13-,14-/m1/s1. The van der Waals surface area contributed by atoms with Crippen LogP contribution in [0.15, 0.2) is 29.2 Å². The zero-order valence-corrected chi connectivity index (χ0v) is 12.3. The maximum atomic E-state index is 12.4. The van der Waals surface area contributed by atoms with Gasteiger partial charge in [-0.15, -0.1) is 11.8 Å². The number of carbonyl (C=O) groups is 1. The van der Waals surface area contributed by atoms with E-state index in [1.165, 1.54) is 0 Å². The Hall–Kier alpha value is -1.00. The molecule has 0 unspecified atom stereocenters. The van der Waals surface area contributed by atoms with Crippen LogP contribution in [0, 0.1) is 0 Å². The number of aliphatic hydroxyl groups is 1. The van der Waals surface area contributed by atoms with E-state index in [2.05, 4.69) is 0 Å². The van der Waals surface area contributed by atoms with Crippen molar-refractivity contribution in [1.29, 1.82) is 0 Å². The van der Waals surface area contributed by atoms with Crippen LogP contribution < -0.4 is 0 Å². The molecule has 104 valence electrons. The summed E-state index contributed by atoms with van der Waals surface area (Å²) in [6.45, 7) is 0. The predicted molar refractivity (Wildman–Crippen MR) is 78.6 cm³/mol. The van der Waals surface area contributed by atoms with Gasteiger partial charge in [-0.1, -0.05) is 12.8 Å². The Bertz CT molecular complexity index is 432. The summed E-state index contributed by atoms with van der Waals surface area (Å²) in [7, 11) is 1.80. The van der Waals surface area contributed by atoms with Crippen LogP contribution in [0.5, 0.6) is 0 Å². The lowest BCUT2D eigenvalue weighted by Crippen LogP contribution is -2.46. The van der Waals surface area contributed by atoms with Gasteiger partial charge in [0.2, 0.25) is 0 Å². The van der Waals surface area contributed by atoms with Crippen LogP contribution in [0.4, 0.5) is 0 Å². The molecule has 3 nitrogen and oxygen atoms in total. The monoisotopic (exact) mass is 279 g/mol. The van der Waals surface area contributed by atoms with Crippen LogP contribution in [-0.4, -0.2) is 41.4 Å². The van der Waals surface area contributed by atoms with E-state index in [0.717, 1.165) is 30.6 Å². The number of rotatable bonds is 3. The van der Waals surface area contributed by atoms with Gasteiger partial charge in [0.1, 0.15) is 0 Å². The van der Waals surface area contributed by atoms with Gasteiger partial charge in [-0.25, -0.2) is 0 Å². The molecule has 1 aliphatic rings. The molecule has 1 N–H and O–H groups in total. The van der Waals surface area contributed by atoms with Crippen LogP contribution in [0.2, 0.25) is 0 Å². The number of nitrogens with zero attached hydrogens (tertiary/aromatic N) is 1. The molecule has 1 fully saturated rings. The lowest BCUT2D eigenvalue weighted by atomic mass is 9.91. The maximum absolute atomic E-state index is 12.4. The summed E-state index contributed by atoms with van der Waals surface area (Å²) < 4.78 is 0. The van der Waals surface area contributed by atoms with Gasteiger partial charge in [-0.3, -0.25) is 4.79 Å². The van der Waals surface area contributed by atoms with Gasteiger partial charge in [0.05, 0.1) is 12.1 Å². The lowest BCUT2D eigenvalue weighted by molar-refractivity contribution is 0.0268. The molecule has 0 bridgehead atoms. The Morgan fingerprint density at radius 2 is 1.89 bits per heavy atom. The topological polar surface area (TPSA) is 40.5 Å². The summed E-state index contributed by atoms with van der Waals surface area (Å²) in [5.41, 5.74) is 0.693. The molecule has 0 saturated heterocycles. The fourth-order valence-corrected chi connectivity index (χ4v) is 3.04. The zero-order valence-electron chi connectivity index (χ0n) is 11.5. The van der Waals surface area contributed by atoms with Crippen molar-refractivity contribution in [3.8, 4) is 0 Å². The highest BCUT2D eigenvalue weighted by Gasteiger charge is 2.29. The van der Waals surface area contributed by atoms with Gasteiger partial charge in [0.25, 0.3) is 5.91 Å². The minimum Gasteiger partial charge on any atom is -0.391 e. The molecular weight excluding hydrogens is 258 g/mol. The Labute approximate surface area is 119 Å². The highest BCUT2D eigenvalue weighted by molar-refractivity contribution is 7.98. The summed E-state index contributed by atoms with van der Waals surface area (Å²) in [4.78, 5) is 15.3. The largest absolute Gasteiger partial charge is 0.391 e. The number of hydrogen-bond donors (Lipinski definition) is 1. The molecule has 0 spiro atoms. The van der Waals surface area contributed by atoms with Gasteiger partial charge < -0.3 is 10.0 Å². The van der Waals surface area contributed by atoms with Crippen LogP contribution in [0.1, 0.15) is 36.0 Å². The first kappa shape index (κ1) is 14.4. The first-order chi connectivity index (χ1) is 9.13. The molecule has 1 saturated carbocycles. The van der Waals surface area contributed by atoms with Crippen LogP contribution in [0.3, 0.4) is 0 Å². The molecule has 1 aromatic rings. The third-order valence-electron chi connectivity index (χ3n) is 3.85.